The highest BCUT2D eigenvalue weighted by Gasteiger charge is 2.33. The number of hydrogen-bond donors (Lipinski definition) is 1. The third-order valence-corrected chi connectivity index (χ3v) is 8.80. The molecule has 1 aliphatic carbocycles. The molecule has 4 nitrogen and oxygen atoms in total. The molecule has 2 amide bonds. The predicted octanol–water partition coefficient (Wildman–Crippen LogP) is 8.06. The standard InChI is InChI=1S/C37H39BrN2O2/c38-32-23-21-29(22-24-32)27-40(36(41)26-34(30-15-7-2-8-16-30)31-17-9-3-10-18-31)35(25-28-13-5-1-6-14-28)37(42)39-33-19-11-4-12-20-33/h1-3,5-10,13-18,21-24,33-35H,4,11-12,19-20,25-27H2,(H,39,42). The smallest absolute Gasteiger partial charge is 0.243 e. The van der Waals surface area contributed by atoms with Crippen molar-refractivity contribution in [2.45, 2.75) is 69.5 Å². The largest absolute Gasteiger partial charge is 0.352 e. The highest BCUT2D eigenvalue weighted by Crippen LogP contribution is 2.30. The molecule has 1 N–H and O–H groups in total. The molecular formula is C37H39BrN2O2. The fourth-order valence-corrected chi connectivity index (χ4v) is 6.24. The molecule has 0 aromatic heterocycles. The van der Waals surface area contributed by atoms with Crippen LogP contribution in [-0.2, 0) is 22.6 Å². The monoisotopic (exact) mass is 622 g/mol. The number of hydrogen-bond acceptors (Lipinski definition) is 2. The second-order valence-electron chi connectivity index (χ2n) is 11.3. The maximum atomic E-state index is 14.5. The van der Waals surface area contributed by atoms with Crippen LogP contribution in [0.1, 0.15) is 66.7 Å². The zero-order valence-electron chi connectivity index (χ0n) is 24.0. The van der Waals surface area contributed by atoms with E-state index in [4.69, 9.17) is 0 Å². The van der Waals surface area contributed by atoms with E-state index in [1.54, 1.807) is 0 Å². The van der Waals surface area contributed by atoms with Gasteiger partial charge in [0.1, 0.15) is 6.04 Å². The van der Waals surface area contributed by atoms with Crippen LogP contribution >= 0.6 is 15.9 Å². The third kappa shape index (κ3) is 8.19. The minimum atomic E-state index is -0.627. The fraction of sp³-hybridized carbons (Fsp3) is 0.297. The van der Waals surface area contributed by atoms with E-state index >= 15 is 0 Å². The summed E-state index contributed by atoms with van der Waals surface area (Å²) in [4.78, 5) is 30.5. The van der Waals surface area contributed by atoms with Gasteiger partial charge in [0.25, 0.3) is 0 Å². The van der Waals surface area contributed by atoms with Crippen LogP contribution in [-0.4, -0.2) is 28.8 Å². The van der Waals surface area contributed by atoms with Gasteiger partial charge in [-0.3, -0.25) is 9.59 Å². The average Bonchev–Trinajstić information content (AvgIpc) is 3.04. The predicted molar refractivity (Wildman–Crippen MR) is 173 cm³/mol. The number of carbonyl (C=O) groups is 2. The Labute approximate surface area is 258 Å². The first-order valence-corrected chi connectivity index (χ1v) is 15.8. The third-order valence-electron chi connectivity index (χ3n) is 8.27. The van der Waals surface area contributed by atoms with E-state index in [-0.39, 0.29) is 30.2 Å². The van der Waals surface area contributed by atoms with Crippen molar-refractivity contribution in [3.63, 3.8) is 0 Å². The summed E-state index contributed by atoms with van der Waals surface area (Å²) in [7, 11) is 0. The zero-order valence-corrected chi connectivity index (χ0v) is 25.6. The normalized spacial score (nSPS) is 14.3. The highest BCUT2D eigenvalue weighted by atomic mass is 79.9. The molecule has 1 atom stereocenters. The molecule has 0 saturated heterocycles. The van der Waals surface area contributed by atoms with Gasteiger partial charge >= 0.3 is 0 Å². The Balaban J connectivity index is 1.50. The summed E-state index contributed by atoms with van der Waals surface area (Å²) in [6.45, 7) is 0.359. The van der Waals surface area contributed by atoms with Crippen LogP contribution in [0.3, 0.4) is 0 Å². The quantitative estimate of drug-likeness (QED) is 0.184. The van der Waals surface area contributed by atoms with Gasteiger partial charge in [-0.1, -0.05) is 138 Å². The number of amides is 2. The van der Waals surface area contributed by atoms with Gasteiger partial charge in [-0.05, 0) is 47.2 Å². The van der Waals surface area contributed by atoms with E-state index in [9.17, 15) is 9.59 Å². The van der Waals surface area contributed by atoms with Gasteiger partial charge < -0.3 is 10.2 Å². The second kappa shape index (κ2) is 15.0. The summed E-state index contributed by atoms with van der Waals surface area (Å²) in [5.74, 6) is -0.214. The van der Waals surface area contributed by atoms with Crippen molar-refractivity contribution < 1.29 is 9.59 Å². The van der Waals surface area contributed by atoms with E-state index < -0.39 is 6.04 Å². The molecule has 1 fully saturated rings. The Kier molecular flexibility index (Phi) is 10.6. The Morgan fingerprint density at radius 2 is 1.26 bits per heavy atom. The first-order chi connectivity index (χ1) is 20.6. The topological polar surface area (TPSA) is 49.4 Å². The Morgan fingerprint density at radius 1 is 0.714 bits per heavy atom. The first-order valence-electron chi connectivity index (χ1n) is 15.0. The molecule has 216 valence electrons. The molecular weight excluding hydrogens is 584 g/mol. The molecule has 1 aliphatic rings. The molecule has 42 heavy (non-hydrogen) atoms. The number of rotatable bonds is 11. The summed E-state index contributed by atoms with van der Waals surface area (Å²) in [6, 6.07) is 38.0. The van der Waals surface area contributed by atoms with Crippen LogP contribution in [0.15, 0.2) is 120 Å². The maximum absolute atomic E-state index is 14.5. The zero-order chi connectivity index (χ0) is 29.1. The van der Waals surface area contributed by atoms with Crippen molar-refractivity contribution in [2.75, 3.05) is 0 Å². The van der Waals surface area contributed by atoms with Crippen LogP contribution < -0.4 is 5.32 Å². The van der Waals surface area contributed by atoms with E-state index in [1.807, 2.05) is 95.9 Å². The van der Waals surface area contributed by atoms with Crippen LogP contribution in [0.5, 0.6) is 0 Å². The van der Waals surface area contributed by atoms with E-state index in [2.05, 4.69) is 45.5 Å². The molecule has 0 spiro atoms. The molecule has 0 radical (unpaired) electrons. The number of nitrogens with zero attached hydrogens (tertiary/aromatic N) is 1. The molecule has 1 unspecified atom stereocenters. The number of nitrogens with one attached hydrogen (secondary N) is 1. The Bertz CT molecular complexity index is 1370. The van der Waals surface area contributed by atoms with Crippen LogP contribution in [0.2, 0.25) is 0 Å². The van der Waals surface area contributed by atoms with Crippen molar-refractivity contribution in [1.29, 1.82) is 0 Å². The van der Waals surface area contributed by atoms with Crippen molar-refractivity contribution in [3.8, 4) is 0 Å². The lowest BCUT2D eigenvalue weighted by molar-refractivity contribution is -0.141. The van der Waals surface area contributed by atoms with E-state index in [0.29, 0.717) is 13.0 Å². The number of carbonyl (C=O) groups excluding carboxylic acids is 2. The average molecular weight is 624 g/mol. The molecule has 0 aliphatic heterocycles. The summed E-state index contributed by atoms with van der Waals surface area (Å²) in [5.41, 5.74) is 4.21. The maximum Gasteiger partial charge on any atom is 0.243 e. The molecule has 0 heterocycles. The molecule has 5 rings (SSSR count). The summed E-state index contributed by atoms with van der Waals surface area (Å²) >= 11 is 3.53. The SMILES string of the molecule is O=C(NC1CCCCC1)C(Cc1ccccc1)N(Cc1ccc(Br)cc1)C(=O)CC(c1ccccc1)c1ccccc1. The van der Waals surface area contributed by atoms with Gasteiger partial charge in [0.15, 0.2) is 0 Å². The van der Waals surface area contributed by atoms with Crippen molar-refractivity contribution in [2.24, 2.45) is 0 Å². The lowest BCUT2D eigenvalue weighted by Gasteiger charge is -2.34. The summed E-state index contributed by atoms with van der Waals surface area (Å²) in [6.07, 6.45) is 6.20. The molecule has 4 aromatic rings. The lowest BCUT2D eigenvalue weighted by Crippen LogP contribution is -2.53. The van der Waals surface area contributed by atoms with Crippen LogP contribution in [0, 0.1) is 0 Å². The first kappa shape index (κ1) is 29.8. The van der Waals surface area contributed by atoms with Gasteiger partial charge in [-0.2, -0.15) is 0 Å². The van der Waals surface area contributed by atoms with Gasteiger partial charge in [0.05, 0.1) is 0 Å². The lowest BCUT2D eigenvalue weighted by atomic mass is 9.87. The molecule has 5 heteroatoms. The minimum absolute atomic E-state index is 0.0321. The van der Waals surface area contributed by atoms with Crippen molar-refractivity contribution in [3.05, 3.63) is 142 Å². The number of halogens is 1. The van der Waals surface area contributed by atoms with Crippen LogP contribution in [0.25, 0.3) is 0 Å². The minimum Gasteiger partial charge on any atom is -0.352 e. The Hall–Kier alpha value is -3.70. The van der Waals surface area contributed by atoms with Gasteiger partial charge in [-0.25, -0.2) is 0 Å². The fourth-order valence-electron chi connectivity index (χ4n) is 5.98. The van der Waals surface area contributed by atoms with Crippen molar-refractivity contribution in [1.82, 2.24) is 10.2 Å². The van der Waals surface area contributed by atoms with Gasteiger partial charge in [-0.15, -0.1) is 0 Å². The Morgan fingerprint density at radius 3 is 1.83 bits per heavy atom. The van der Waals surface area contributed by atoms with E-state index in [0.717, 1.165) is 52.4 Å². The second-order valence-corrected chi connectivity index (χ2v) is 12.2. The van der Waals surface area contributed by atoms with Crippen LogP contribution in [0.4, 0.5) is 0 Å². The molecule has 1 saturated carbocycles. The number of benzene rings is 4. The summed E-state index contributed by atoms with van der Waals surface area (Å²) in [5, 5.41) is 3.35. The van der Waals surface area contributed by atoms with Gasteiger partial charge in [0.2, 0.25) is 11.8 Å². The molecule has 0 bridgehead atoms. The molecule has 4 aromatic carbocycles. The van der Waals surface area contributed by atoms with Crippen molar-refractivity contribution >= 4 is 27.7 Å². The van der Waals surface area contributed by atoms with Gasteiger partial charge in [0, 0.05) is 35.8 Å². The van der Waals surface area contributed by atoms with E-state index in [1.165, 1.54) is 6.42 Å². The summed E-state index contributed by atoms with van der Waals surface area (Å²) < 4.78 is 0.980. The highest BCUT2D eigenvalue weighted by molar-refractivity contribution is 9.10.